The van der Waals surface area contributed by atoms with E-state index < -0.39 is 25.2 Å². The molecule has 0 atom stereocenters. The van der Waals surface area contributed by atoms with Crippen LogP contribution in [0.1, 0.15) is 17.5 Å². The summed E-state index contributed by atoms with van der Waals surface area (Å²) in [5, 5.41) is 4.55. The summed E-state index contributed by atoms with van der Waals surface area (Å²) < 4.78 is 35.8. The fourth-order valence-corrected chi connectivity index (χ4v) is 2.25. The topological polar surface area (TPSA) is 79.5 Å². The number of aryl methyl sites for hydroxylation is 2. The number of carbonyl (C=O) groups excluding carboxylic acids is 1. The highest BCUT2D eigenvalue weighted by Crippen LogP contribution is 2.24. The predicted molar refractivity (Wildman–Crippen MR) is 77.6 cm³/mol. The third kappa shape index (κ3) is 4.94. The van der Waals surface area contributed by atoms with Gasteiger partial charge in [0.25, 0.3) is 0 Å². The van der Waals surface area contributed by atoms with Gasteiger partial charge in [-0.3, -0.25) is 4.79 Å². The normalized spacial score (nSPS) is 14.6. The van der Waals surface area contributed by atoms with E-state index in [1.165, 1.54) is 11.1 Å². The number of nitrogens with one attached hydrogen (secondary N) is 2. The molecule has 0 bridgehead atoms. The zero-order chi connectivity index (χ0) is 16.2. The minimum absolute atomic E-state index is 0.0138. The minimum Gasteiger partial charge on any atom is -0.370 e. The number of hydrogen-bond acceptors (Lipinski definition) is 2. The van der Waals surface area contributed by atoms with Crippen LogP contribution in [0.2, 0.25) is 0 Å². The van der Waals surface area contributed by atoms with Crippen molar-refractivity contribution in [3.8, 4) is 0 Å². The monoisotopic (exact) mass is 314 g/mol. The second-order valence-electron chi connectivity index (χ2n) is 5.06. The first-order valence-corrected chi connectivity index (χ1v) is 6.86. The van der Waals surface area contributed by atoms with Crippen LogP contribution in [-0.4, -0.2) is 31.1 Å². The number of nitrogens with zero attached hydrogens (tertiary/aromatic N) is 1. The number of guanidine groups is 1. The van der Waals surface area contributed by atoms with Crippen LogP contribution in [0.25, 0.3) is 0 Å². The quantitative estimate of drug-likeness (QED) is 0.583. The average molecular weight is 314 g/mol. The molecule has 0 aliphatic heterocycles. The standard InChI is InChI=1S/C14H17F3N4O/c15-14(16,17)8-20-12(22)7-19-13(18)21-11-5-4-9-2-1-3-10(9)6-11/h4-6H,1-3,7-8H2,(H,20,22)(H3,18,19,21). The Morgan fingerprint density at radius 3 is 2.73 bits per heavy atom. The molecule has 8 heteroatoms. The van der Waals surface area contributed by atoms with E-state index in [4.69, 9.17) is 5.73 Å². The molecule has 0 heterocycles. The molecule has 2 rings (SSSR count). The van der Waals surface area contributed by atoms with E-state index in [0.717, 1.165) is 24.9 Å². The van der Waals surface area contributed by atoms with Gasteiger partial charge in [-0.1, -0.05) is 6.07 Å². The van der Waals surface area contributed by atoms with E-state index in [1.54, 1.807) is 5.32 Å². The van der Waals surface area contributed by atoms with Gasteiger partial charge in [-0.15, -0.1) is 0 Å². The van der Waals surface area contributed by atoms with Crippen LogP contribution in [0.4, 0.5) is 18.9 Å². The molecule has 1 aromatic rings. The molecule has 1 aromatic carbocycles. The van der Waals surface area contributed by atoms with Crippen molar-refractivity contribution in [3.63, 3.8) is 0 Å². The molecule has 0 aromatic heterocycles. The van der Waals surface area contributed by atoms with Gasteiger partial charge in [0, 0.05) is 5.69 Å². The number of alkyl halides is 3. The van der Waals surface area contributed by atoms with Crippen molar-refractivity contribution in [3.05, 3.63) is 29.3 Å². The van der Waals surface area contributed by atoms with Crippen LogP contribution in [-0.2, 0) is 17.6 Å². The molecule has 1 aliphatic rings. The molecule has 4 N–H and O–H groups in total. The number of amides is 1. The van der Waals surface area contributed by atoms with E-state index in [-0.39, 0.29) is 5.96 Å². The molecule has 0 saturated heterocycles. The molecule has 1 aliphatic carbocycles. The van der Waals surface area contributed by atoms with Crippen LogP contribution in [0.3, 0.4) is 0 Å². The SMILES string of the molecule is NC(=NCC(=O)NCC(F)(F)F)Nc1ccc2c(c1)CCC2. The lowest BCUT2D eigenvalue weighted by molar-refractivity contribution is -0.137. The number of hydrogen-bond donors (Lipinski definition) is 3. The van der Waals surface area contributed by atoms with Crippen molar-refractivity contribution in [1.29, 1.82) is 0 Å². The number of halogens is 3. The zero-order valence-corrected chi connectivity index (χ0v) is 11.8. The Bertz CT molecular complexity index is 584. The minimum atomic E-state index is -4.44. The van der Waals surface area contributed by atoms with Crippen molar-refractivity contribution < 1.29 is 18.0 Å². The van der Waals surface area contributed by atoms with Crippen molar-refractivity contribution >= 4 is 17.6 Å². The van der Waals surface area contributed by atoms with Crippen molar-refractivity contribution in [2.24, 2.45) is 10.7 Å². The van der Waals surface area contributed by atoms with E-state index >= 15 is 0 Å². The van der Waals surface area contributed by atoms with Crippen LogP contribution in [0, 0.1) is 0 Å². The highest BCUT2D eigenvalue weighted by molar-refractivity contribution is 5.94. The highest BCUT2D eigenvalue weighted by Gasteiger charge is 2.27. The van der Waals surface area contributed by atoms with Gasteiger partial charge >= 0.3 is 6.18 Å². The summed E-state index contributed by atoms with van der Waals surface area (Å²) in [6.45, 7) is -1.83. The molecule has 0 spiro atoms. The van der Waals surface area contributed by atoms with Gasteiger partial charge in [0.05, 0.1) is 0 Å². The second-order valence-corrected chi connectivity index (χ2v) is 5.06. The number of benzene rings is 1. The Kier molecular flexibility index (Phi) is 4.89. The number of rotatable bonds is 4. The molecular formula is C14H17F3N4O. The van der Waals surface area contributed by atoms with Crippen LogP contribution >= 0.6 is 0 Å². The maximum atomic E-state index is 11.9. The van der Waals surface area contributed by atoms with Gasteiger partial charge in [-0.2, -0.15) is 13.2 Å². The summed E-state index contributed by atoms with van der Waals surface area (Å²) >= 11 is 0. The first-order valence-electron chi connectivity index (χ1n) is 6.86. The molecule has 5 nitrogen and oxygen atoms in total. The summed E-state index contributed by atoms with van der Waals surface area (Å²) in [6.07, 6.45) is -1.23. The number of carbonyl (C=O) groups is 1. The highest BCUT2D eigenvalue weighted by atomic mass is 19.4. The fourth-order valence-electron chi connectivity index (χ4n) is 2.25. The lowest BCUT2D eigenvalue weighted by Gasteiger charge is -2.09. The van der Waals surface area contributed by atoms with Crippen molar-refractivity contribution in [2.75, 3.05) is 18.4 Å². The Morgan fingerprint density at radius 1 is 1.27 bits per heavy atom. The Hall–Kier alpha value is -2.25. The fraction of sp³-hybridized carbons (Fsp3) is 0.429. The van der Waals surface area contributed by atoms with Gasteiger partial charge in [0.1, 0.15) is 13.1 Å². The Labute approximate surface area is 125 Å². The maximum Gasteiger partial charge on any atom is 0.405 e. The number of nitrogens with two attached hydrogens (primary N) is 1. The van der Waals surface area contributed by atoms with E-state index in [2.05, 4.69) is 10.3 Å². The summed E-state index contributed by atoms with van der Waals surface area (Å²) in [5.41, 5.74) is 8.93. The molecule has 0 radical (unpaired) electrons. The van der Waals surface area contributed by atoms with Crippen LogP contribution in [0.5, 0.6) is 0 Å². The Balaban J connectivity index is 1.84. The average Bonchev–Trinajstić information content (AvgIpc) is 2.89. The van der Waals surface area contributed by atoms with Crippen LogP contribution in [0.15, 0.2) is 23.2 Å². The van der Waals surface area contributed by atoms with E-state index in [9.17, 15) is 18.0 Å². The molecule has 0 unspecified atom stereocenters. The summed E-state index contributed by atoms with van der Waals surface area (Å²) in [7, 11) is 0. The lowest BCUT2D eigenvalue weighted by Crippen LogP contribution is -2.35. The lowest BCUT2D eigenvalue weighted by atomic mass is 10.1. The van der Waals surface area contributed by atoms with Gasteiger partial charge < -0.3 is 16.4 Å². The molecule has 120 valence electrons. The number of anilines is 1. The van der Waals surface area contributed by atoms with Crippen LogP contribution < -0.4 is 16.4 Å². The smallest absolute Gasteiger partial charge is 0.370 e. The maximum absolute atomic E-state index is 11.9. The third-order valence-corrected chi connectivity index (χ3v) is 3.25. The number of aliphatic imine (C=N–C) groups is 1. The molecule has 0 fully saturated rings. The molecular weight excluding hydrogens is 297 g/mol. The van der Waals surface area contributed by atoms with E-state index in [0.29, 0.717) is 0 Å². The van der Waals surface area contributed by atoms with Gasteiger partial charge in [-0.25, -0.2) is 4.99 Å². The van der Waals surface area contributed by atoms with E-state index in [1.807, 2.05) is 18.2 Å². The Morgan fingerprint density at radius 2 is 2.00 bits per heavy atom. The summed E-state index contributed by atoms with van der Waals surface area (Å²) in [5.74, 6) is -0.851. The van der Waals surface area contributed by atoms with Gasteiger partial charge in [-0.05, 0) is 42.5 Å². The largest absolute Gasteiger partial charge is 0.405 e. The summed E-state index contributed by atoms with van der Waals surface area (Å²) in [6, 6.07) is 5.83. The third-order valence-electron chi connectivity index (χ3n) is 3.25. The second kappa shape index (κ2) is 6.67. The van der Waals surface area contributed by atoms with Gasteiger partial charge in [0.2, 0.25) is 5.91 Å². The number of fused-ring (bicyclic) bond motifs is 1. The van der Waals surface area contributed by atoms with Gasteiger partial charge in [0.15, 0.2) is 5.96 Å². The van der Waals surface area contributed by atoms with Crippen molar-refractivity contribution in [1.82, 2.24) is 5.32 Å². The van der Waals surface area contributed by atoms with Crippen molar-refractivity contribution in [2.45, 2.75) is 25.4 Å². The first kappa shape index (κ1) is 16.1. The molecule has 1 amide bonds. The summed E-state index contributed by atoms with van der Waals surface area (Å²) in [4.78, 5) is 14.9. The first-order chi connectivity index (χ1) is 10.3. The predicted octanol–water partition coefficient (Wildman–Crippen LogP) is 1.58. The molecule has 0 saturated carbocycles. The molecule has 22 heavy (non-hydrogen) atoms. The zero-order valence-electron chi connectivity index (χ0n) is 11.8.